The summed E-state index contributed by atoms with van der Waals surface area (Å²) in [5.74, 6) is 0.824. The quantitative estimate of drug-likeness (QED) is 0.740. The summed E-state index contributed by atoms with van der Waals surface area (Å²) in [5, 5.41) is 9.74. The Morgan fingerprint density at radius 1 is 1.04 bits per heavy atom. The van der Waals surface area contributed by atoms with Gasteiger partial charge in [-0.3, -0.25) is 4.98 Å². The minimum atomic E-state index is -1.02. The van der Waals surface area contributed by atoms with Crippen LogP contribution in [0.5, 0.6) is 17.2 Å². The summed E-state index contributed by atoms with van der Waals surface area (Å²) in [7, 11) is 3.16. The zero-order chi connectivity index (χ0) is 17.8. The highest BCUT2D eigenvalue weighted by Gasteiger charge is 2.11. The fourth-order valence-electron chi connectivity index (χ4n) is 2.41. The number of hydrogen-bond acceptors (Lipinski definition) is 5. The number of carbonyl (C=O) groups is 1. The lowest BCUT2D eigenvalue weighted by molar-refractivity contribution is 0.0696. The molecular formula is C19H17NO5. The van der Waals surface area contributed by atoms with Crippen LogP contribution < -0.4 is 14.2 Å². The monoisotopic (exact) mass is 339 g/mol. The zero-order valence-corrected chi connectivity index (χ0v) is 13.9. The molecule has 128 valence electrons. The maximum Gasteiger partial charge on any atom is 0.337 e. The van der Waals surface area contributed by atoms with Crippen molar-refractivity contribution in [3.8, 4) is 17.2 Å². The molecule has 3 aromatic rings. The molecule has 0 saturated heterocycles. The van der Waals surface area contributed by atoms with Crippen molar-refractivity contribution in [2.45, 2.75) is 6.61 Å². The second-order valence-corrected chi connectivity index (χ2v) is 5.36. The molecule has 0 atom stereocenters. The minimum absolute atomic E-state index is 0.126. The molecule has 0 aliphatic rings. The van der Waals surface area contributed by atoms with Gasteiger partial charge in [0.2, 0.25) is 0 Å². The van der Waals surface area contributed by atoms with E-state index in [9.17, 15) is 4.79 Å². The van der Waals surface area contributed by atoms with Crippen LogP contribution in [0.1, 0.15) is 15.9 Å². The smallest absolute Gasteiger partial charge is 0.337 e. The molecule has 0 radical (unpaired) electrons. The summed E-state index contributed by atoms with van der Waals surface area (Å²) >= 11 is 0. The van der Waals surface area contributed by atoms with Crippen molar-refractivity contribution in [3.05, 3.63) is 59.8 Å². The number of ether oxygens (including phenoxy) is 3. The van der Waals surface area contributed by atoms with E-state index in [4.69, 9.17) is 19.3 Å². The van der Waals surface area contributed by atoms with Gasteiger partial charge in [0, 0.05) is 17.6 Å². The molecule has 0 saturated carbocycles. The third-order valence-electron chi connectivity index (χ3n) is 3.77. The molecular weight excluding hydrogens is 322 g/mol. The van der Waals surface area contributed by atoms with Crippen LogP contribution in [0.3, 0.4) is 0 Å². The lowest BCUT2D eigenvalue weighted by Crippen LogP contribution is -2.00. The van der Waals surface area contributed by atoms with Crippen LogP contribution >= 0.6 is 0 Å². The van der Waals surface area contributed by atoms with E-state index in [1.54, 1.807) is 25.3 Å². The van der Waals surface area contributed by atoms with E-state index in [1.165, 1.54) is 13.3 Å². The minimum Gasteiger partial charge on any atom is -0.497 e. The second-order valence-electron chi connectivity index (χ2n) is 5.36. The maximum absolute atomic E-state index is 11.1. The SMILES string of the molecule is COc1ccc(COc2cc3ncc(C(=O)O)cc3cc2OC)cc1. The number of benzene rings is 2. The topological polar surface area (TPSA) is 77.9 Å². The van der Waals surface area contributed by atoms with Crippen molar-refractivity contribution in [3.63, 3.8) is 0 Å². The highest BCUT2D eigenvalue weighted by atomic mass is 16.5. The number of carboxylic acids is 1. The van der Waals surface area contributed by atoms with Crippen LogP contribution in [-0.2, 0) is 6.61 Å². The average Bonchev–Trinajstić information content (AvgIpc) is 2.65. The van der Waals surface area contributed by atoms with Crippen LogP contribution in [0.2, 0.25) is 0 Å². The molecule has 3 rings (SSSR count). The van der Waals surface area contributed by atoms with Crippen LogP contribution in [0, 0.1) is 0 Å². The van der Waals surface area contributed by atoms with E-state index < -0.39 is 5.97 Å². The first-order valence-electron chi connectivity index (χ1n) is 7.57. The van der Waals surface area contributed by atoms with Gasteiger partial charge in [0.05, 0.1) is 25.3 Å². The van der Waals surface area contributed by atoms with Crippen molar-refractivity contribution in [1.29, 1.82) is 0 Å². The first kappa shape index (κ1) is 16.6. The molecule has 0 bridgehead atoms. The summed E-state index contributed by atoms with van der Waals surface area (Å²) in [4.78, 5) is 15.2. The largest absolute Gasteiger partial charge is 0.497 e. The highest BCUT2D eigenvalue weighted by Crippen LogP contribution is 2.32. The number of aromatic nitrogens is 1. The van der Waals surface area contributed by atoms with Gasteiger partial charge in [-0.2, -0.15) is 0 Å². The van der Waals surface area contributed by atoms with Gasteiger partial charge in [0.1, 0.15) is 12.4 Å². The van der Waals surface area contributed by atoms with Crippen LogP contribution in [-0.4, -0.2) is 30.3 Å². The number of aromatic carboxylic acids is 1. The molecule has 0 fully saturated rings. The Labute approximate surface area is 144 Å². The third kappa shape index (κ3) is 3.63. The Morgan fingerprint density at radius 2 is 1.80 bits per heavy atom. The average molecular weight is 339 g/mol. The lowest BCUT2D eigenvalue weighted by atomic mass is 10.1. The summed E-state index contributed by atoms with van der Waals surface area (Å²) in [5.41, 5.74) is 1.74. The summed E-state index contributed by atoms with van der Waals surface area (Å²) in [6.45, 7) is 0.360. The predicted molar refractivity (Wildman–Crippen MR) is 92.6 cm³/mol. The van der Waals surface area contributed by atoms with Gasteiger partial charge >= 0.3 is 5.97 Å². The van der Waals surface area contributed by atoms with Crippen LogP contribution in [0.4, 0.5) is 0 Å². The zero-order valence-electron chi connectivity index (χ0n) is 13.9. The Hall–Kier alpha value is -3.28. The Bertz CT molecular complexity index is 906. The molecule has 1 aromatic heterocycles. The molecule has 0 aliphatic heterocycles. The highest BCUT2D eigenvalue weighted by molar-refractivity contribution is 5.93. The van der Waals surface area contributed by atoms with E-state index in [2.05, 4.69) is 4.98 Å². The Balaban J connectivity index is 1.86. The van der Waals surface area contributed by atoms with Gasteiger partial charge in [0.15, 0.2) is 11.5 Å². The maximum atomic E-state index is 11.1. The van der Waals surface area contributed by atoms with Crippen molar-refractivity contribution in [1.82, 2.24) is 4.98 Å². The van der Waals surface area contributed by atoms with Gasteiger partial charge in [-0.05, 0) is 29.8 Å². The van der Waals surface area contributed by atoms with Crippen LogP contribution in [0.15, 0.2) is 48.7 Å². The lowest BCUT2D eigenvalue weighted by Gasteiger charge is -2.12. The van der Waals surface area contributed by atoms with Crippen molar-refractivity contribution >= 4 is 16.9 Å². The molecule has 0 amide bonds. The Morgan fingerprint density at radius 3 is 2.44 bits per heavy atom. The van der Waals surface area contributed by atoms with Crippen molar-refractivity contribution < 1.29 is 24.1 Å². The van der Waals surface area contributed by atoms with Gasteiger partial charge in [0.25, 0.3) is 0 Å². The number of carboxylic acid groups (broad SMARTS) is 1. The number of pyridine rings is 1. The van der Waals surface area contributed by atoms with Crippen LogP contribution in [0.25, 0.3) is 10.9 Å². The number of nitrogens with zero attached hydrogens (tertiary/aromatic N) is 1. The van der Waals surface area contributed by atoms with E-state index in [-0.39, 0.29) is 5.56 Å². The van der Waals surface area contributed by atoms with Gasteiger partial charge in [-0.25, -0.2) is 4.79 Å². The number of methoxy groups -OCH3 is 2. The second kappa shape index (κ2) is 7.09. The molecule has 25 heavy (non-hydrogen) atoms. The van der Waals surface area contributed by atoms with E-state index in [0.29, 0.717) is 29.0 Å². The van der Waals surface area contributed by atoms with Gasteiger partial charge in [-0.1, -0.05) is 12.1 Å². The Kier molecular flexibility index (Phi) is 4.70. The normalized spacial score (nSPS) is 10.5. The molecule has 0 unspecified atom stereocenters. The number of fused-ring (bicyclic) bond motifs is 1. The first-order chi connectivity index (χ1) is 12.1. The van der Waals surface area contributed by atoms with Gasteiger partial charge < -0.3 is 19.3 Å². The summed E-state index contributed by atoms with van der Waals surface area (Å²) in [6.07, 6.45) is 1.32. The predicted octanol–water partition coefficient (Wildman–Crippen LogP) is 3.53. The molecule has 1 heterocycles. The molecule has 2 aromatic carbocycles. The fourth-order valence-corrected chi connectivity index (χ4v) is 2.41. The van der Waals surface area contributed by atoms with E-state index in [0.717, 1.165) is 11.3 Å². The fraction of sp³-hybridized carbons (Fsp3) is 0.158. The standard InChI is InChI=1S/C19H17NO5/c1-23-15-5-3-12(4-6-15)11-25-18-9-16-13(8-17(18)24-2)7-14(10-20-16)19(21)22/h3-10H,11H2,1-2H3,(H,21,22). The summed E-state index contributed by atoms with van der Waals surface area (Å²) < 4.78 is 16.3. The number of rotatable bonds is 6. The number of hydrogen-bond donors (Lipinski definition) is 1. The third-order valence-corrected chi connectivity index (χ3v) is 3.77. The molecule has 6 heteroatoms. The summed E-state index contributed by atoms with van der Waals surface area (Å²) in [6, 6.07) is 12.6. The van der Waals surface area contributed by atoms with Gasteiger partial charge in [-0.15, -0.1) is 0 Å². The molecule has 6 nitrogen and oxygen atoms in total. The van der Waals surface area contributed by atoms with Crippen molar-refractivity contribution in [2.75, 3.05) is 14.2 Å². The van der Waals surface area contributed by atoms with E-state index in [1.807, 2.05) is 24.3 Å². The van der Waals surface area contributed by atoms with E-state index >= 15 is 0 Å². The van der Waals surface area contributed by atoms with Crippen molar-refractivity contribution in [2.24, 2.45) is 0 Å². The molecule has 0 aliphatic carbocycles. The first-order valence-corrected chi connectivity index (χ1v) is 7.57. The molecule has 1 N–H and O–H groups in total. The molecule has 0 spiro atoms.